The highest BCUT2D eigenvalue weighted by Gasteiger charge is 2.10. The van der Waals surface area contributed by atoms with Crippen LogP contribution in [-0.2, 0) is 6.42 Å². The molecule has 3 N–H and O–H groups in total. The summed E-state index contributed by atoms with van der Waals surface area (Å²) in [5.41, 5.74) is 5.18. The van der Waals surface area contributed by atoms with Gasteiger partial charge in [0, 0.05) is 5.02 Å². The summed E-state index contributed by atoms with van der Waals surface area (Å²) in [6.45, 7) is 0. The molecule has 3 heteroatoms. The van der Waals surface area contributed by atoms with Crippen molar-refractivity contribution in [1.82, 2.24) is 5.43 Å². The van der Waals surface area contributed by atoms with Crippen LogP contribution in [0, 0.1) is 0 Å². The van der Waals surface area contributed by atoms with Gasteiger partial charge in [0.25, 0.3) is 0 Å². The molecule has 88 valence electrons. The summed E-state index contributed by atoms with van der Waals surface area (Å²) in [5, 5.41) is 0.732. The van der Waals surface area contributed by atoms with E-state index in [9.17, 15) is 0 Å². The van der Waals surface area contributed by atoms with E-state index in [0.29, 0.717) is 0 Å². The molecule has 0 fully saturated rings. The van der Waals surface area contributed by atoms with Gasteiger partial charge in [0.2, 0.25) is 0 Å². The number of rotatable bonds is 4. The molecule has 1 unspecified atom stereocenters. The Bertz CT molecular complexity index is 471. The van der Waals surface area contributed by atoms with Crippen LogP contribution in [0.2, 0.25) is 5.02 Å². The second kappa shape index (κ2) is 5.82. The Hall–Kier alpha value is -1.35. The first kappa shape index (κ1) is 12.1. The van der Waals surface area contributed by atoms with Crippen molar-refractivity contribution in [3.05, 3.63) is 70.7 Å². The van der Waals surface area contributed by atoms with Crippen LogP contribution >= 0.6 is 11.6 Å². The Morgan fingerprint density at radius 1 is 1.06 bits per heavy atom. The topological polar surface area (TPSA) is 38.0 Å². The summed E-state index contributed by atoms with van der Waals surface area (Å²) in [4.78, 5) is 0. The fraction of sp³-hybridized carbons (Fsp3) is 0.143. The van der Waals surface area contributed by atoms with Crippen molar-refractivity contribution in [1.29, 1.82) is 0 Å². The Morgan fingerprint density at radius 3 is 2.47 bits per heavy atom. The fourth-order valence-corrected chi connectivity index (χ4v) is 2.04. The maximum absolute atomic E-state index is 5.98. The normalized spacial score (nSPS) is 12.4. The van der Waals surface area contributed by atoms with E-state index in [-0.39, 0.29) is 6.04 Å². The minimum atomic E-state index is 0.0797. The smallest absolute Gasteiger partial charge is 0.0500 e. The van der Waals surface area contributed by atoms with Crippen LogP contribution in [0.25, 0.3) is 0 Å². The second-order valence-corrected chi connectivity index (χ2v) is 4.40. The van der Waals surface area contributed by atoms with Crippen molar-refractivity contribution < 1.29 is 0 Å². The second-order valence-electron chi connectivity index (χ2n) is 3.96. The monoisotopic (exact) mass is 246 g/mol. The molecule has 0 saturated heterocycles. The zero-order valence-electron chi connectivity index (χ0n) is 9.44. The molecule has 0 saturated carbocycles. The predicted molar refractivity (Wildman–Crippen MR) is 71.7 cm³/mol. The van der Waals surface area contributed by atoms with Crippen molar-refractivity contribution in [2.24, 2.45) is 5.84 Å². The van der Waals surface area contributed by atoms with E-state index in [1.807, 2.05) is 42.5 Å². The zero-order chi connectivity index (χ0) is 12.1. The summed E-state index contributed by atoms with van der Waals surface area (Å²) in [7, 11) is 0. The summed E-state index contributed by atoms with van der Waals surface area (Å²) in [6, 6.07) is 18.1. The summed E-state index contributed by atoms with van der Waals surface area (Å²) >= 11 is 5.98. The molecule has 2 nitrogen and oxygen atoms in total. The van der Waals surface area contributed by atoms with E-state index in [4.69, 9.17) is 17.4 Å². The number of hydrazine groups is 1. The van der Waals surface area contributed by atoms with Gasteiger partial charge in [0.1, 0.15) is 0 Å². The third-order valence-electron chi connectivity index (χ3n) is 2.73. The SMILES string of the molecule is NNC(Cc1ccccc1)c1cccc(Cl)c1. The van der Waals surface area contributed by atoms with Gasteiger partial charge < -0.3 is 0 Å². The van der Waals surface area contributed by atoms with E-state index in [1.165, 1.54) is 5.56 Å². The molecular weight excluding hydrogens is 232 g/mol. The summed E-state index contributed by atoms with van der Waals surface area (Å²) in [5.74, 6) is 5.61. The van der Waals surface area contributed by atoms with Gasteiger partial charge in [-0.15, -0.1) is 0 Å². The first-order valence-electron chi connectivity index (χ1n) is 5.55. The highest BCUT2D eigenvalue weighted by Crippen LogP contribution is 2.20. The van der Waals surface area contributed by atoms with Crippen molar-refractivity contribution in [2.45, 2.75) is 12.5 Å². The van der Waals surface area contributed by atoms with Crippen LogP contribution in [0.3, 0.4) is 0 Å². The first-order valence-corrected chi connectivity index (χ1v) is 5.93. The van der Waals surface area contributed by atoms with E-state index in [2.05, 4.69) is 17.6 Å². The predicted octanol–water partition coefficient (Wildman–Crippen LogP) is 3.09. The summed E-state index contributed by atoms with van der Waals surface area (Å²) in [6.07, 6.45) is 0.845. The van der Waals surface area contributed by atoms with E-state index >= 15 is 0 Å². The number of hydrogen-bond acceptors (Lipinski definition) is 2. The molecule has 0 aliphatic carbocycles. The van der Waals surface area contributed by atoms with Crippen molar-refractivity contribution in [3.63, 3.8) is 0 Å². The third-order valence-corrected chi connectivity index (χ3v) is 2.97. The van der Waals surface area contributed by atoms with Crippen molar-refractivity contribution in [2.75, 3.05) is 0 Å². The number of benzene rings is 2. The third kappa shape index (κ3) is 3.30. The van der Waals surface area contributed by atoms with E-state index < -0.39 is 0 Å². The van der Waals surface area contributed by atoms with Gasteiger partial charge in [-0.1, -0.05) is 54.1 Å². The standard InChI is InChI=1S/C14H15ClN2/c15-13-8-4-7-12(10-13)14(17-16)9-11-5-2-1-3-6-11/h1-8,10,14,17H,9,16H2. The quantitative estimate of drug-likeness (QED) is 0.643. The molecule has 0 aliphatic heterocycles. The van der Waals surface area contributed by atoms with Crippen LogP contribution in [0.5, 0.6) is 0 Å². The van der Waals surface area contributed by atoms with Gasteiger partial charge >= 0.3 is 0 Å². The molecule has 0 amide bonds. The number of halogens is 1. The lowest BCUT2D eigenvalue weighted by Crippen LogP contribution is -2.29. The molecule has 2 aromatic rings. The minimum Gasteiger partial charge on any atom is -0.271 e. The largest absolute Gasteiger partial charge is 0.271 e. The maximum Gasteiger partial charge on any atom is 0.0500 e. The Balaban J connectivity index is 2.17. The Labute approximate surface area is 106 Å². The van der Waals surface area contributed by atoms with Crippen LogP contribution in [0.4, 0.5) is 0 Å². The molecule has 0 aliphatic rings. The van der Waals surface area contributed by atoms with E-state index in [0.717, 1.165) is 17.0 Å². The molecule has 2 rings (SSSR count). The van der Waals surface area contributed by atoms with Gasteiger partial charge in [-0.2, -0.15) is 0 Å². The lowest BCUT2D eigenvalue weighted by molar-refractivity contribution is 0.552. The Kier molecular flexibility index (Phi) is 4.15. The average molecular weight is 247 g/mol. The molecule has 17 heavy (non-hydrogen) atoms. The highest BCUT2D eigenvalue weighted by molar-refractivity contribution is 6.30. The zero-order valence-corrected chi connectivity index (χ0v) is 10.2. The highest BCUT2D eigenvalue weighted by atomic mass is 35.5. The molecule has 0 heterocycles. The minimum absolute atomic E-state index is 0.0797. The number of nitrogens with one attached hydrogen (secondary N) is 1. The lowest BCUT2D eigenvalue weighted by Gasteiger charge is -2.16. The maximum atomic E-state index is 5.98. The van der Waals surface area contributed by atoms with Crippen LogP contribution < -0.4 is 11.3 Å². The van der Waals surface area contributed by atoms with E-state index in [1.54, 1.807) is 0 Å². The van der Waals surface area contributed by atoms with Crippen LogP contribution in [-0.4, -0.2) is 0 Å². The van der Waals surface area contributed by atoms with Gasteiger partial charge in [-0.05, 0) is 29.7 Å². The summed E-state index contributed by atoms with van der Waals surface area (Å²) < 4.78 is 0. The average Bonchev–Trinajstić information content (AvgIpc) is 2.37. The number of hydrogen-bond donors (Lipinski definition) is 2. The molecule has 2 aromatic carbocycles. The van der Waals surface area contributed by atoms with Gasteiger partial charge in [-0.25, -0.2) is 0 Å². The van der Waals surface area contributed by atoms with Crippen LogP contribution in [0.1, 0.15) is 17.2 Å². The number of nitrogens with two attached hydrogens (primary N) is 1. The van der Waals surface area contributed by atoms with Gasteiger partial charge in [0.15, 0.2) is 0 Å². The molecule has 0 bridgehead atoms. The van der Waals surface area contributed by atoms with Crippen molar-refractivity contribution >= 4 is 11.6 Å². The van der Waals surface area contributed by atoms with Crippen molar-refractivity contribution in [3.8, 4) is 0 Å². The molecular formula is C14H15ClN2. The molecule has 0 spiro atoms. The molecule has 0 radical (unpaired) electrons. The Morgan fingerprint density at radius 2 is 1.82 bits per heavy atom. The van der Waals surface area contributed by atoms with Gasteiger partial charge in [-0.3, -0.25) is 11.3 Å². The first-order chi connectivity index (χ1) is 8.29. The molecule has 0 aromatic heterocycles. The van der Waals surface area contributed by atoms with Gasteiger partial charge in [0.05, 0.1) is 6.04 Å². The van der Waals surface area contributed by atoms with Crippen LogP contribution in [0.15, 0.2) is 54.6 Å². The lowest BCUT2D eigenvalue weighted by atomic mass is 9.99. The fourth-order valence-electron chi connectivity index (χ4n) is 1.85. The molecule has 1 atom stereocenters.